The second kappa shape index (κ2) is 37.6. The van der Waals surface area contributed by atoms with E-state index in [1.807, 2.05) is 36.1 Å². The molecule has 0 aliphatic carbocycles. The molecule has 0 radical (unpaired) electrons. The van der Waals surface area contributed by atoms with Crippen molar-refractivity contribution in [2.45, 2.75) is 106 Å². The Hall–Kier alpha value is -6.76. The molecule has 4 saturated heterocycles. The number of aliphatic hydroxyl groups is 2. The average Bonchev–Trinajstić information content (AvgIpc) is 0.795. The molecule has 11 rings (SSSR count). The molecule has 7 aromatic rings. The van der Waals surface area contributed by atoms with E-state index in [1.54, 1.807) is 59.5 Å². The Morgan fingerprint density at radius 3 is 1.52 bits per heavy atom. The van der Waals surface area contributed by atoms with Crippen LogP contribution in [0.1, 0.15) is 88.9 Å². The number of hydrogen-bond donors (Lipinski definition) is 7. The van der Waals surface area contributed by atoms with Crippen LogP contribution in [0, 0.1) is 12.7 Å². The van der Waals surface area contributed by atoms with E-state index in [1.165, 1.54) is 24.4 Å². The number of hydrogen-bond acceptors (Lipinski definition) is 14. The fourth-order valence-corrected chi connectivity index (χ4v) is 13.9. The molecule has 2 aromatic heterocycles. The highest BCUT2D eigenvalue weighted by atomic mass is 35.5. The Balaban J connectivity index is 0.000000326. The van der Waals surface area contributed by atoms with Gasteiger partial charge in [-0.25, -0.2) is 13.4 Å². The third kappa shape index (κ3) is 23.1. The van der Waals surface area contributed by atoms with Gasteiger partial charge in [0.2, 0.25) is 5.56 Å². The summed E-state index contributed by atoms with van der Waals surface area (Å²) in [5, 5.41) is 28.5. The second-order valence-corrected chi connectivity index (χ2v) is 28.1. The number of ether oxygens (including phenoxy) is 3. The third-order valence-corrected chi connectivity index (χ3v) is 20.8. The molecule has 6 heterocycles. The summed E-state index contributed by atoms with van der Waals surface area (Å²) in [5.74, 6) is -0.187. The predicted molar refractivity (Wildman–Crippen MR) is 391 cm³/mol. The molecule has 4 amide bonds. The molecule has 5 aromatic carbocycles. The number of carbonyl (C=O) groups is 3. The lowest BCUT2D eigenvalue weighted by molar-refractivity contribution is -0.138. The van der Waals surface area contributed by atoms with Gasteiger partial charge >= 0.3 is 12.2 Å². The number of pyridine rings is 2. The molecule has 4 aliphatic rings. The van der Waals surface area contributed by atoms with Crippen molar-refractivity contribution in [3.63, 3.8) is 0 Å². The molecule has 1 unspecified atom stereocenters. The summed E-state index contributed by atoms with van der Waals surface area (Å²) in [5.41, 5.74) is -2.57. The van der Waals surface area contributed by atoms with Crippen molar-refractivity contribution in [3.05, 3.63) is 194 Å². The highest BCUT2D eigenvalue weighted by molar-refractivity contribution is 7.83. The molecule has 9 N–H and O–H groups in total. The van der Waals surface area contributed by atoms with Gasteiger partial charge in [0.05, 0.1) is 69.3 Å². The maximum atomic E-state index is 14.0. The number of aromatic amines is 2. The number of benzene rings is 5. The Kier molecular flexibility index (Phi) is 29.8. The standard InChI is InChI=1S/C24H24Cl2FN3O4.C24H29Cl2N3O3S.C21H22Cl2F3N3O4.H2O.4H2/c25-19-5-4-16(10-20(19)26)34-15-6-8-30(9-7-15)13-14(31)11-28-23(32)18-12-29-24(33)22-17(18)2-1-3-21(22)27;1-17-4-2-3-5-23(17)33(31)27-24(30)29-12-8-18(9-13-29)28-14-10-19(11-15-28)32-20-6-7-21(25)22(26)16-20;22-17-2-1-14(7-18(17)23)33-13-3-5-29(6-4-13)11-12(30)9-28-20(32)15-10-27-19(31)8-16(15)21(24,25)26;;;;;/h1-5,10,12,14-15,31H,6-9,11,13H2,(H,28,32)(H,29,33);2-7,16,18-19H,8-15H2,1H3,(H,27,30);1-2,7-8,10,12-13,30H,3-6,9,11H2,(H,27,31)(H,28,32);1H2;4*1H/t14-;;12-;;;;;/m1.1...../s1. The fourth-order valence-electron chi connectivity index (χ4n) is 12.1. The predicted octanol–water partition coefficient (Wildman–Crippen LogP) is 12.1. The molecule has 32 heteroatoms. The number of aromatic nitrogens is 2. The number of fused-ring (bicyclic) bond motifs is 1. The lowest BCUT2D eigenvalue weighted by atomic mass is 9.99. The second-order valence-electron chi connectivity index (χ2n) is 24.5. The molecular formula is C69H85Cl6F4N9O12S. The van der Waals surface area contributed by atoms with Crippen LogP contribution >= 0.6 is 69.6 Å². The molecule has 0 spiro atoms. The van der Waals surface area contributed by atoms with Gasteiger partial charge in [0.15, 0.2) is 11.0 Å². The first-order valence-electron chi connectivity index (χ1n) is 32.3. The Bertz CT molecular complexity index is 4140. The molecule has 554 valence electrons. The number of aliphatic hydroxyl groups excluding tert-OH is 2. The molecule has 4 fully saturated rings. The third-order valence-electron chi connectivity index (χ3n) is 17.4. The first-order valence-corrected chi connectivity index (χ1v) is 35.8. The van der Waals surface area contributed by atoms with Gasteiger partial charge in [0.25, 0.3) is 17.4 Å². The van der Waals surface area contributed by atoms with Gasteiger partial charge in [0.1, 0.15) is 41.4 Å². The quantitative estimate of drug-likeness (QED) is 0.0371. The van der Waals surface area contributed by atoms with Gasteiger partial charge in [-0.1, -0.05) is 99.9 Å². The van der Waals surface area contributed by atoms with Crippen molar-refractivity contribution in [3.8, 4) is 17.2 Å². The van der Waals surface area contributed by atoms with Gasteiger partial charge in [-0.3, -0.25) is 28.8 Å². The number of likely N-dealkylation sites (tertiary alicyclic amines) is 4. The summed E-state index contributed by atoms with van der Waals surface area (Å²) in [6, 6.07) is 27.7. The molecule has 4 aliphatic heterocycles. The van der Waals surface area contributed by atoms with E-state index in [0.29, 0.717) is 110 Å². The number of H-pyrrole nitrogens is 2. The Labute approximate surface area is 618 Å². The summed E-state index contributed by atoms with van der Waals surface area (Å²) < 4.78 is 86.5. The number of halogens is 10. The fraction of sp³-hybridized carbons (Fsp3) is 0.406. The number of nitrogens with one attached hydrogen (secondary N) is 5. The summed E-state index contributed by atoms with van der Waals surface area (Å²) in [6.07, 6.45) is 2.23. The van der Waals surface area contributed by atoms with Crippen LogP contribution < -0.4 is 40.7 Å². The zero-order chi connectivity index (χ0) is 71.8. The van der Waals surface area contributed by atoms with Crippen LogP contribution in [-0.4, -0.2) is 182 Å². The van der Waals surface area contributed by atoms with Crippen molar-refractivity contribution < 1.29 is 71.8 Å². The SMILES string of the molecule is Cc1ccccc1S(=O)NC(=O)N1CCC(N2CCC(Oc3ccc(Cl)c(Cl)c3)CC2)CC1.O.O=C(NC[C@@H](O)CN1CCC(Oc2ccc(Cl)c(Cl)c2)CC1)c1c[nH]c(=O)c2c(F)cccc12.O=C(NC[C@@H](O)CN1CCC(Oc2ccc(Cl)c(Cl)c2)CC1)c1c[nH]c(=O)cc1C(F)(F)F.[HH].[HH].[HH].[HH]. The van der Waals surface area contributed by atoms with Gasteiger partial charge < -0.3 is 65.2 Å². The number of nitrogens with zero attached hydrogens (tertiary/aromatic N) is 4. The van der Waals surface area contributed by atoms with E-state index in [9.17, 15) is 56.0 Å². The zero-order valence-corrected chi connectivity index (χ0v) is 60.0. The van der Waals surface area contributed by atoms with Crippen LogP contribution in [0.2, 0.25) is 30.1 Å². The lowest BCUT2D eigenvalue weighted by Gasteiger charge is -2.41. The highest BCUT2D eigenvalue weighted by Gasteiger charge is 2.37. The van der Waals surface area contributed by atoms with Crippen molar-refractivity contribution >= 4 is 109 Å². The number of alkyl halides is 3. The van der Waals surface area contributed by atoms with Gasteiger partial charge in [-0.2, -0.15) is 13.2 Å². The number of rotatable bonds is 19. The summed E-state index contributed by atoms with van der Waals surface area (Å²) in [4.78, 5) is 74.0. The van der Waals surface area contributed by atoms with E-state index in [-0.39, 0.29) is 71.5 Å². The van der Waals surface area contributed by atoms with E-state index >= 15 is 0 Å². The number of urea groups is 1. The highest BCUT2D eigenvalue weighted by Crippen LogP contribution is 2.34. The number of carbonyl (C=O) groups excluding carboxylic acids is 3. The topological polar surface area (TPSA) is 283 Å². The summed E-state index contributed by atoms with van der Waals surface area (Å²) >= 11 is 35.9. The van der Waals surface area contributed by atoms with Crippen molar-refractivity contribution in [2.24, 2.45) is 0 Å². The number of piperidine rings is 4. The van der Waals surface area contributed by atoms with Crippen LogP contribution in [0.4, 0.5) is 22.4 Å². The smallest absolute Gasteiger partial charge is 0.417 e. The van der Waals surface area contributed by atoms with Gasteiger partial charge in [-0.05, 0) is 112 Å². The summed E-state index contributed by atoms with van der Waals surface area (Å²) in [7, 11) is -1.54. The van der Waals surface area contributed by atoms with E-state index in [4.69, 9.17) is 83.8 Å². The molecule has 21 nitrogen and oxygen atoms in total. The zero-order valence-electron chi connectivity index (χ0n) is 54.6. The molecular weight excluding hydrogens is 1470 g/mol. The summed E-state index contributed by atoms with van der Waals surface area (Å²) in [6.45, 7) is 8.32. The van der Waals surface area contributed by atoms with Gasteiger partial charge in [-0.15, -0.1) is 0 Å². The number of β-amino-alcohol motifs (C(OH)–C–C–N with tert-alkyl or cyclic N) is 2. The minimum atomic E-state index is -4.86. The normalized spacial score (nSPS) is 17.0. The lowest BCUT2D eigenvalue weighted by Crippen LogP contribution is -2.52. The minimum Gasteiger partial charge on any atom is -0.490 e. The van der Waals surface area contributed by atoms with E-state index in [0.717, 1.165) is 76.0 Å². The molecule has 0 bridgehead atoms. The van der Waals surface area contributed by atoms with Crippen molar-refractivity contribution in [2.75, 3.05) is 78.5 Å². The van der Waals surface area contributed by atoms with Crippen LogP contribution in [0.3, 0.4) is 0 Å². The Morgan fingerprint density at radius 2 is 1.06 bits per heavy atom. The maximum absolute atomic E-state index is 14.0. The average molecular weight is 1550 g/mol. The molecule has 3 atom stereocenters. The van der Waals surface area contributed by atoms with Crippen LogP contribution in [0.5, 0.6) is 17.2 Å². The van der Waals surface area contributed by atoms with Crippen LogP contribution in [0.25, 0.3) is 10.8 Å². The minimum absolute atomic E-state index is 0. The number of amides is 4. The monoisotopic (exact) mass is 1550 g/mol. The molecule has 0 saturated carbocycles. The van der Waals surface area contributed by atoms with Crippen LogP contribution in [-0.2, 0) is 17.2 Å². The van der Waals surface area contributed by atoms with Crippen LogP contribution in [0.15, 0.2) is 130 Å². The Morgan fingerprint density at radius 1 is 0.604 bits per heavy atom. The largest absolute Gasteiger partial charge is 0.490 e. The number of aryl methyl sites for hydroxylation is 1. The van der Waals surface area contributed by atoms with Crippen molar-refractivity contribution in [1.29, 1.82) is 0 Å². The van der Waals surface area contributed by atoms with E-state index in [2.05, 4.69) is 35.1 Å². The molecule has 101 heavy (non-hydrogen) atoms. The first kappa shape index (κ1) is 79.9. The maximum Gasteiger partial charge on any atom is 0.417 e. The van der Waals surface area contributed by atoms with Gasteiger partial charge in [0, 0.05) is 132 Å². The first-order chi connectivity index (χ1) is 47.7. The van der Waals surface area contributed by atoms with E-state index < -0.39 is 69.2 Å². The van der Waals surface area contributed by atoms with Crippen molar-refractivity contribution in [1.82, 2.24) is 44.9 Å².